The van der Waals surface area contributed by atoms with Crippen molar-refractivity contribution in [2.75, 3.05) is 0 Å². The molecule has 1 heterocycles. The zero-order valence-electron chi connectivity index (χ0n) is 10.7. The first kappa shape index (κ1) is 14.3. The Morgan fingerprint density at radius 1 is 1.13 bits per heavy atom. The summed E-state index contributed by atoms with van der Waals surface area (Å²) in [5, 5.41) is 0. The highest BCUT2D eigenvalue weighted by Gasteiger charge is 2.05. The van der Waals surface area contributed by atoms with E-state index < -0.39 is 0 Å². The van der Waals surface area contributed by atoms with E-state index in [4.69, 9.17) is 0 Å². The molecule has 2 aliphatic rings. The lowest BCUT2D eigenvalue weighted by molar-refractivity contribution is 0.385. The highest BCUT2D eigenvalue weighted by Crippen LogP contribution is 2.22. The molecule has 0 amide bonds. The van der Waals surface area contributed by atoms with Gasteiger partial charge in [0.1, 0.15) is 0 Å². The Hall–Kier alpha value is -0.700. The Kier molecular flexibility index (Phi) is 9.38. The monoisotopic (exact) mass is 213 g/mol. The van der Waals surface area contributed by atoms with Crippen molar-refractivity contribution in [3.8, 4) is 0 Å². The van der Waals surface area contributed by atoms with Gasteiger partial charge >= 0.3 is 0 Å². The first-order valence-corrected chi connectivity index (χ1v) is 6.22. The van der Waals surface area contributed by atoms with Crippen LogP contribution in [0.1, 0.15) is 59.8 Å². The van der Waals surface area contributed by atoms with Crippen LogP contribution < -0.4 is 16.4 Å². The average Bonchev–Trinajstić information content (AvgIpc) is 2.74. The zero-order chi connectivity index (χ0) is 11.5. The number of allylic oxidation sites excluding steroid dienone is 1. The Balaban J connectivity index is 0.000000227. The fourth-order valence-corrected chi connectivity index (χ4v) is 1.62. The Morgan fingerprint density at radius 3 is 1.93 bits per heavy atom. The summed E-state index contributed by atoms with van der Waals surface area (Å²) in [5.74, 6) is 1.04. The van der Waals surface area contributed by atoms with Crippen LogP contribution in [-0.4, -0.2) is 0 Å². The van der Waals surface area contributed by atoms with E-state index in [1.807, 2.05) is 27.0 Å². The van der Waals surface area contributed by atoms with Crippen LogP contribution in [0.5, 0.6) is 0 Å². The van der Waals surface area contributed by atoms with Gasteiger partial charge in [0.25, 0.3) is 0 Å². The van der Waals surface area contributed by atoms with Crippen LogP contribution in [0.4, 0.5) is 0 Å². The van der Waals surface area contributed by atoms with Gasteiger partial charge in [-0.15, -0.1) is 0 Å². The predicted molar refractivity (Wildman–Crippen MR) is 66.8 cm³/mol. The van der Waals surface area contributed by atoms with Gasteiger partial charge in [0.15, 0.2) is 0 Å². The average molecular weight is 213 g/mol. The summed E-state index contributed by atoms with van der Waals surface area (Å²) in [6.07, 6.45) is 9.28. The fourth-order valence-electron chi connectivity index (χ4n) is 1.62. The minimum atomic E-state index is 1.04. The molecule has 3 N–H and O–H groups in total. The number of nitrogens with one attached hydrogen (secondary N) is 3. The predicted octanol–water partition coefficient (Wildman–Crippen LogP) is 3.07. The van der Waals surface area contributed by atoms with E-state index in [1.165, 1.54) is 32.1 Å². The molecule has 0 saturated heterocycles. The van der Waals surface area contributed by atoms with Crippen LogP contribution >= 0.6 is 0 Å². The lowest BCUT2D eigenvalue weighted by atomic mass is 9.91. The Bertz CT molecular complexity index is 160. The van der Waals surface area contributed by atoms with Crippen molar-refractivity contribution in [1.29, 1.82) is 0 Å². The van der Waals surface area contributed by atoms with E-state index in [0.717, 1.165) is 11.6 Å². The topological polar surface area (TPSA) is 36.1 Å². The summed E-state index contributed by atoms with van der Waals surface area (Å²) in [7, 11) is 0. The highest BCUT2D eigenvalue weighted by molar-refractivity contribution is 4.94. The molecule has 0 atom stereocenters. The van der Waals surface area contributed by atoms with Crippen LogP contribution in [-0.2, 0) is 0 Å². The number of rotatable bonds is 0. The summed E-state index contributed by atoms with van der Waals surface area (Å²) in [6.45, 7) is 8.33. The molecule has 0 unspecified atom stereocenters. The molecule has 1 fully saturated rings. The quantitative estimate of drug-likeness (QED) is 0.579. The molecule has 0 aromatic rings. The molecule has 0 bridgehead atoms. The van der Waals surface area contributed by atoms with E-state index >= 15 is 0 Å². The second-order valence-electron chi connectivity index (χ2n) is 3.96. The maximum Gasteiger partial charge on any atom is 0.0419 e. The van der Waals surface area contributed by atoms with Crippen LogP contribution in [0.25, 0.3) is 0 Å². The molecule has 90 valence electrons. The molecule has 1 aliphatic heterocycles. The molecule has 0 spiro atoms. The van der Waals surface area contributed by atoms with E-state index in [9.17, 15) is 0 Å². The minimum absolute atomic E-state index is 1.04. The minimum Gasteiger partial charge on any atom is -0.310 e. The summed E-state index contributed by atoms with van der Waals surface area (Å²) in [4.78, 5) is 0. The number of hydrogen-bond acceptors (Lipinski definition) is 3. The van der Waals surface area contributed by atoms with Crippen LogP contribution in [0.15, 0.2) is 11.9 Å². The summed E-state index contributed by atoms with van der Waals surface area (Å²) < 4.78 is 0. The summed E-state index contributed by atoms with van der Waals surface area (Å²) in [5.41, 5.74) is 9.35. The van der Waals surface area contributed by atoms with E-state index in [-0.39, 0.29) is 0 Å². The smallest absolute Gasteiger partial charge is 0.0419 e. The second-order valence-corrected chi connectivity index (χ2v) is 3.96. The van der Waals surface area contributed by atoms with Gasteiger partial charge in [-0.2, -0.15) is 5.53 Å². The molecule has 2 rings (SSSR count). The second kappa shape index (κ2) is 9.84. The van der Waals surface area contributed by atoms with Gasteiger partial charge in [0.2, 0.25) is 0 Å². The van der Waals surface area contributed by atoms with Crippen LogP contribution in [0.3, 0.4) is 0 Å². The lowest BCUT2D eigenvalue weighted by Crippen LogP contribution is -2.30. The van der Waals surface area contributed by atoms with Gasteiger partial charge in [0.05, 0.1) is 0 Å². The van der Waals surface area contributed by atoms with Crippen molar-refractivity contribution in [3.05, 3.63) is 11.9 Å². The van der Waals surface area contributed by atoms with E-state index in [1.54, 1.807) is 0 Å². The number of hydrazine groups is 2. The highest BCUT2D eigenvalue weighted by atomic mass is 15.6. The first-order valence-electron chi connectivity index (χ1n) is 6.22. The fraction of sp³-hybridized carbons (Fsp3) is 0.833. The van der Waals surface area contributed by atoms with Crippen LogP contribution in [0, 0.1) is 5.92 Å². The molecule has 0 aromatic carbocycles. The third kappa shape index (κ3) is 8.30. The van der Waals surface area contributed by atoms with Crippen molar-refractivity contribution in [2.24, 2.45) is 5.92 Å². The Labute approximate surface area is 94.7 Å². The van der Waals surface area contributed by atoms with Gasteiger partial charge in [-0.25, -0.2) is 0 Å². The lowest BCUT2D eigenvalue weighted by Gasteiger charge is -2.15. The Morgan fingerprint density at radius 2 is 1.73 bits per heavy atom. The van der Waals surface area contributed by atoms with Crippen molar-refractivity contribution in [3.63, 3.8) is 0 Å². The van der Waals surface area contributed by atoms with Gasteiger partial charge in [-0.3, -0.25) is 0 Å². The zero-order valence-corrected chi connectivity index (χ0v) is 10.7. The molecule has 0 radical (unpaired) electrons. The molecule has 3 nitrogen and oxygen atoms in total. The SMILES string of the molecule is CC.CC1=CNNN1.CC1CCCCC1. The van der Waals surface area contributed by atoms with Crippen molar-refractivity contribution in [2.45, 2.75) is 59.8 Å². The largest absolute Gasteiger partial charge is 0.310 e. The standard InChI is InChI=1S/C7H14.C3H7N3.C2H6/c1-7-5-3-2-4-6-7;1-3-2-4-6-5-3;1-2/h7H,2-6H2,1H3;2,4-6H,1H3;1-2H3. The summed E-state index contributed by atoms with van der Waals surface area (Å²) in [6, 6.07) is 0. The van der Waals surface area contributed by atoms with Crippen molar-refractivity contribution >= 4 is 0 Å². The third-order valence-corrected chi connectivity index (χ3v) is 2.51. The van der Waals surface area contributed by atoms with Crippen molar-refractivity contribution < 1.29 is 0 Å². The molecule has 0 aromatic heterocycles. The molecule has 1 saturated carbocycles. The normalized spacial score (nSPS) is 19.6. The maximum atomic E-state index is 2.82. The molecular weight excluding hydrogens is 186 g/mol. The summed E-state index contributed by atoms with van der Waals surface area (Å²) >= 11 is 0. The van der Waals surface area contributed by atoms with Gasteiger partial charge < -0.3 is 10.9 Å². The van der Waals surface area contributed by atoms with Crippen molar-refractivity contribution in [1.82, 2.24) is 16.4 Å². The van der Waals surface area contributed by atoms with Crippen LogP contribution in [0.2, 0.25) is 0 Å². The van der Waals surface area contributed by atoms with Gasteiger partial charge in [-0.1, -0.05) is 52.9 Å². The molecule has 3 heteroatoms. The number of hydrogen-bond donors (Lipinski definition) is 3. The molecule has 1 aliphatic carbocycles. The van der Waals surface area contributed by atoms with Gasteiger partial charge in [-0.05, 0) is 12.8 Å². The van der Waals surface area contributed by atoms with Gasteiger partial charge in [0, 0.05) is 11.9 Å². The third-order valence-electron chi connectivity index (χ3n) is 2.51. The maximum absolute atomic E-state index is 2.82. The first-order chi connectivity index (χ1) is 7.29. The molecule has 15 heavy (non-hydrogen) atoms. The van der Waals surface area contributed by atoms with E-state index in [2.05, 4.69) is 23.3 Å². The van der Waals surface area contributed by atoms with E-state index in [0.29, 0.717) is 0 Å². The molecular formula is C12H27N3.